The second-order valence-corrected chi connectivity index (χ2v) is 5.70. The van der Waals surface area contributed by atoms with Gasteiger partial charge in [0.15, 0.2) is 11.6 Å². The first-order chi connectivity index (χ1) is 11.5. The maximum atomic E-state index is 14.8. The first-order valence-corrected chi connectivity index (χ1v) is 8.34. The van der Waals surface area contributed by atoms with Gasteiger partial charge in [0.05, 0.1) is 28.3 Å². The largest absolute Gasteiger partial charge is 0.388 e. The van der Waals surface area contributed by atoms with E-state index in [2.05, 4.69) is 37.8 Å². The Labute approximate surface area is 151 Å². The molecule has 2 aromatic rings. The van der Waals surface area contributed by atoms with E-state index in [9.17, 15) is 9.18 Å². The van der Waals surface area contributed by atoms with Crippen molar-refractivity contribution in [2.45, 2.75) is 0 Å². The van der Waals surface area contributed by atoms with Crippen LogP contribution < -0.4 is 5.32 Å². The van der Waals surface area contributed by atoms with Crippen molar-refractivity contribution in [3.8, 4) is 0 Å². The third kappa shape index (κ3) is 3.75. The minimum Gasteiger partial charge on any atom is -0.388 e. The third-order valence-corrected chi connectivity index (χ3v) is 3.84. The SMILES string of the molecule is C=C/C=C(Nc1c(C(=O)CO)cc2[nH]cnc2c1F)\C(Cl)=C/CBr. The lowest BCUT2D eigenvalue weighted by atomic mass is 10.1. The fourth-order valence-corrected chi connectivity index (χ4v) is 2.78. The number of carbonyl (C=O) groups excluding carboxylic acids is 1. The standard InChI is InChI=1S/C16H14BrClFN3O2/c1-2-3-11(10(18)4-5-17)22-15-9(13(24)7-23)6-12-16(14(15)19)21-8-20-12/h2-4,6,8,22-23H,1,5,7H2,(H,20,21)/b10-4+,11-3+. The highest BCUT2D eigenvalue weighted by atomic mass is 79.9. The lowest BCUT2D eigenvalue weighted by Gasteiger charge is -2.15. The Morgan fingerprint density at radius 3 is 2.96 bits per heavy atom. The van der Waals surface area contributed by atoms with Crippen molar-refractivity contribution in [3.05, 3.63) is 59.3 Å². The number of H-pyrrole nitrogens is 1. The van der Waals surface area contributed by atoms with Crippen molar-refractivity contribution in [3.63, 3.8) is 0 Å². The third-order valence-electron chi connectivity index (χ3n) is 3.16. The zero-order valence-corrected chi connectivity index (χ0v) is 14.8. The van der Waals surface area contributed by atoms with Crippen LogP contribution in [0.2, 0.25) is 0 Å². The molecule has 0 unspecified atom stereocenters. The predicted octanol–water partition coefficient (Wildman–Crippen LogP) is 3.88. The van der Waals surface area contributed by atoms with Crippen molar-refractivity contribution in [1.29, 1.82) is 0 Å². The number of aromatic amines is 1. The number of allylic oxidation sites excluding steroid dienone is 4. The molecular weight excluding hydrogens is 401 g/mol. The molecule has 0 aliphatic carbocycles. The molecule has 0 amide bonds. The number of hydrogen-bond donors (Lipinski definition) is 3. The van der Waals surface area contributed by atoms with Gasteiger partial charge in [0.2, 0.25) is 0 Å². The van der Waals surface area contributed by atoms with E-state index in [0.717, 1.165) is 0 Å². The molecule has 2 rings (SSSR count). The van der Waals surface area contributed by atoms with Crippen LogP contribution in [0.15, 0.2) is 47.9 Å². The van der Waals surface area contributed by atoms with Crippen LogP contribution in [0, 0.1) is 5.82 Å². The molecule has 0 aliphatic heterocycles. The molecule has 1 aromatic carbocycles. The summed E-state index contributed by atoms with van der Waals surface area (Å²) in [6.45, 7) is 2.84. The predicted molar refractivity (Wildman–Crippen MR) is 97.1 cm³/mol. The molecule has 5 nitrogen and oxygen atoms in total. The molecule has 0 atom stereocenters. The monoisotopic (exact) mass is 413 g/mol. The highest BCUT2D eigenvalue weighted by Gasteiger charge is 2.21. The topological polar surface area (TPSA) is 78.0 Å². The number of hydrogen-bond acceptors (Lipinski definition) is 4. The van der Waals surface area contributed by atoms with Crippen LogP contribution in [-0.4, -0.2) is 32.8 Å². The molecule has 0 saturated heterocycles. The highest BCUT2D eigenvalue weighted by Crippen LogP contribution is 2.30. The van der Waals surface area contributed by atoms with E-state index in [1.807, 2.05) is 0 Å². The Balaban J connectivity index is 2.62. The fourth-order valence-electron chi connectivity index (χ4n) is 2.08. The molecule has 0 saturated carbocycles. The number of halogens is 3. The first kappa shape index (κ1) is 18.4. The molecule has 0 radical (unpaired) electrons. The molecular formula is C16H14BrClFN3O2. The summed E-state index contributed by atoms with van der Waals surface area (Å²) in [6.07, 6.45) is 6.00. The lowest BCUT2D eigenvalue weighted by Crippen LogP contribution is -2.12. The number of alkyl halides is 1. The second kappa shape index (κ2) is 8.23. The number of rotatable bonds is 7. The molecule has 3 N–H and O–H groups in total. The van der Waals surface area contributed by atoms with Gasteiger partial charge in [-0.05, 0) is 12.1 Å². The summed E-state index contributed by atoms with van der Waals surface area (Å²) in [5.74, 6) is -1.35. The number of aliphatic hydroxyl groups excluding tert-OH is 1. The minimum absolute atomic E-state index is 0.00924. The number of benzene rings is 1. The van der Waals surface area contributed by atoms with Gasteiger partial charge in [-0.2, -0.15) is 0 Å². The molecule has 0 spiro atoms. The molecule has 0 fully saturated rings. The van der Waals surface area contributed by atoms with Crippen molar-refractivity contribution in [2.24, 2.45) is 0 Å². The van der Waals surface area contributed by atoms with Crippen molar-refractivity contribution in [1.82, 2.24) is 9.97 Å². The maximum Gasteiger partial charge on any atom is 0.190 e. The van der Waals surface area contributed by atoms with E-state index < -0.39 is 18.2 Å². The zero-order chi connectivity index (χ0) is 17.7. The van der Waals surface area contributed by atoms with Gasteiger partial charge in [-0.25, -0.2) is 9.37 Å². The van der Waals surface area contributed by atoms with E-state index in [1.165, 1.54) is 18.5 Å². The van der Waals surface area contributed by atoms with E-state index in [-0.39, 0.29) is 16.8 Å². The van der Waals surface area contributed by atoms with Gasteiger partial charge in [-0.3, -0.25) is 4.79 Å². The molecule has 24 heavy (non-hydrogen) atoms. The van der Waals surface area contributed by atoms with Crippen LogP contribution in [-0.2, 0) is 0 Å². The van der Waals surface area contributed by atoms with E-state index in [1.54, 1.807) is 12.2 Å². The van der Waals surface area contributed by atoms with Gasteiger partial charge in [-0.15, -0.1) is 0 Å². The summed E-state index contributed by atoms with van der Waals surface area (Å²) >= 11 is 9.39. The number of aliphatic hydroxyl groups is 1. The normalized spacial score (nSPS) is 12.5. The average molecular weight is 415 g/mol. The molecule has 0 aliphatic rings. The van der Waals surface area contributed by atoms with Gasteiger partial charge >= 0.3 is 0 Å². The van der Waals surface area contributed by atoms with Crippen molar-refractivity contribution in [2.75, 3.05) is 17.3 Å². The number of nitrogens with one attached hydrogen (secondary N) is 2. The van der Waals surface area contributed by atoms with E-state index in [0.29, 0.717) is 21.6 Å². The number of aromatic nitrogens is 2. The fraction of sp³-hybridized carbons (Fsp3) is 0.125. The highest BCUT2D eigenvalue weighted by molar-refractivity contribution is 9.09. The average Bonchev–Trinajstić information content (AvgIpc) is 3.04. The number of fused-ring (bicyclic) bond motifs is 1. The number of ketones is 1. The Kier molecular flexibility index (Phi) is 6.30. The summed E-state index contributed by atoms with van der Waals surface area (Å²) in [7, 11) is 0. The summed E-state index contributed by atoms with van der Waals surface area (Å²) in [5.41, 5.74) is 0.663. The molecule has 8 heteroatoms. The quantitative estimate of drug-likeness (QED) is 0.365. The summed E-state index contributed by atoms with van der Waals surface area (Å²) < 4.78 is 14.8. The molecule has 126 valence electrons. The van der Waals surface area contributed by atoms with Crippen molar-refractivity contribution >= 4 is 50.0 Å². The van der Waals surface area contributed by atoms with Crippen LogP contribution in [0.4, 0.5) is 10.1 Å². The van der Waals surface area contributed by atoms with Gasteiger partial charge < -0.3 is 15.4 Å². The van der Waals surface area contributed by atoms with Gasteiger partial charge in [-0.1, -0.05) is 46.3 Å². The minimum atomic E-state index is -0.751. The van der Waals surface area contributed by atoms with Gasteiger partial charge in [0.1, 0.15) is 12.1 Å². The Bertz CT molecular complexity index is 845. The Morgan fingerprint density at radius 2 is 2.33 bits per heavy atom. The smallest absolute Gasteiger partial charge is 0.190 e. The summed E-state index contributed by atoms with van der Waals surface area (Å²) in [4.78, 5) is 18.6. The van der Waals surface area contributed by atoms with Crippen LogP contribution in [0.5, 0.6) is 0 Å². The van der Waals surface area contributed by atoms with Gasteiger partial charge in [0, 0.05) is 10.9 Å². The Hall–Kier alpha value is -1.96. The van der Waals surface area contributed by atoms with Crippen LogP contribution in [0.3, 0.4) is 0 Å². The maximum absolute atomic E-state index is 14.8. The first-order valence-electron chi connectivity index (χ1n) is 6.84. The second-order valence-electron chi connectivity index (χ2n) is 4.64. The lowest BCUT2D eigenvalue weighted by molar-refractivity contribution is 0.0904. The van der Waals surface area contributed by atoms with Gasteiger partial charge in [0.25, 0.3) is 0 Å². The van der Waals surface area contributed by atoms with Crippen LogP contribution >= 0.6 is 27.5 Å². The van der Waals surface area contributed by atoms with Crippen LogP contribution in [0.25, 0.3) is 11.0 Å². The Morgan fingerprint density at radius 1 is 1.58 bits per heavy atom. The van der Waals surface area contributed by atoms with E-state index >= 15 is 0 Å². The van der Waals surface area contributed by atoms with E-state index in [4.69, 9.17) is 16.7 Å². The summed E-state index contributed by atoms with van der Waals surface area (Å²) in [6, 6.07) is 1.43. The number of Topliss-reactive ketones (excluding diaryl/α,β-unsaturated/α-hetero) is 1. The number of imidazole rings is 1. The number of nitrogens with zero attached hydrogens (tertiary/aromatic N) is 1. The summed E-state index contributed by atoms with van der Waals surface area (Å²) in [5, 5.41) is 12.8. The number of anilines is 1. The number of carbonyl (C=O) groups is 1. The molecule has 1 heterocycles. The molecule has 1 aromatic heterocycles. The molecule has 0 bridgehead atoms. The zero-order valence-electron chi connectivity index (χ0n) is 12.4. The van der Waals surface area contributed by atoms with Crippen molar-refractivity contribution < 1.29 is 14.3 Å². The van der Waals surface area contributed by atoms with Crippen LogP contribution in [0.1, 0.15) is 10.4 Å².